The van der Waals surface area contributed by atoms with E-state index in [2.05, 4.69) is 13.8 Å². The van der Waals surface area contributed by atoms with Crippen LogP contribution in [0.3, 0.4) is 0 Å². The molecule has 0 aromatic carbocycles. The summed E-state index contributed by atoms with van der Waals surface area (Å²) in [5.74, 6) is 0.638. The maximum Gasteiger partial charge on any atom is 0.227 e. The monoisotopic (exact) mass is 254 g/mol. The highest BCUT2D eigenvalue weighted by molar-refractivity contribution is 7.10. The van der Waals surface area contributed by atoms with Gasteiger partial charge in [0.25, 0.3) is 0 Å². The molecule has 0 spiro atoms. The maximum atomic E-state index is 11.9. The highest BCUT2D eigenvalue weighted by Crippen LogP contribution is 2.11. The van der Waals surface area contributed by atoms with E-state index >= 15 is 0 Å². The number of carbonyl (C=O) groups excluding carboxylic acids is 1. The highest BCUT2D eigenvalue weighted by Gasteiger charge is 2.13. The Morgan fingerprint density at radius 3 is 2.76 bits per heavy atom. The Balaban J connectivity index is 2.32. The van der Waals surface area contributed by atoms with Gasteiger partial charge in [-0.1, -0.05) is 19.9 Å². The van der Waals surface area contributed by atoms with Gasteiger partial charge in [-0.15, -0.1) is 11.3 Å². The number of nitrogens with two attached hydrogens (primary N) is 1. The molecule has 0 saturated heterocycles. The van der Waals surface area contributed by atoms with Crippen LogP contribution < -0.4 is 5.73 Å². The van der Waals surface area contributed by atoms with E-state index in [0.29, 0.717) is 12.3 Å². The van der Waals surface area contributed by atoms with E-state index in [1.54, 1.807) is 16.2 Å². The third-order valence-electron chi connectivity index (χ3n) is 2.99. The lowest BCUT2D eigenvalue weighted by molar-refractivity contribution is -0.129. The fraction of sp³-hybridized carbons (Fsp3) is 0.615. The summed E-state index contributed by atoms with van der Waals surface area (Å²) >= 11 is 1.63. The Morgan fingerprint density at radius 1 is 1.53 bits per heavy atom. The lowest BCUT2D eigenvalue weighted by atomic mass is 10.0. The molecule has 0 fully saturated rings. The van der Waals surface area contributed by atoms with Gasteiger partial charge in [-0.05, 0) is 23.8 Å². The molecule has 1 rings (SSSR count). The van der Waals surface area contributed by atoms with E-state index in [1.165, 1.54) is 0 Å². The lowest BCUT2D eigenvalue weighted by Crippen LogP contribution is -2.35. The fourth-order valence-corrected chi connectivity index (χ4v) is 2.19. The van der Waals surface area contributed by atoms with Gasteiger partial charge >= 0.3 is 0 Å². The number of amides is 1. The fourth-order valence-electron chi connectivity index (χ4n) is 1.50. The predicted octanol–water partition coefficient (Wildman–Crippen LogP) is 2.12. The number of nitrogens with zero attached hydrogens (tertiary/aromatic N) is 1. The first-order valence-electron chi connectivity index (χ1n) is 6.02. The van der Waals surface area contributed by atoms with Crippen molar-refractivity contribution in [2.75, 3.05) is 13.6 Å². The summed E-state index contributed by atoms with van der Waals surface area (Å²) in [6.45, 7) is 4.96. The summed E-state index contributed by atoms with van der Waals surface area (Å²) in [4.78, 5) is 14.8. The second-order valence-electron chi connectivity index (χ2n) is 4.77. The van der Waals surface area contributed by atoms with E-state index < -0.39 is 0 Å². The molecule has 0 radical (unpaired) electrons. The van der Waals surface area contributed by atoms with E-state index in [9.17, 15) is 4.79 Å². The summed E-state index contributed by atoms with van der Waals surface area (Å²) in [7, 11) is 1.85. The van der Waals surface area contributed by atoms with E-state index in [-0.39, 0.29) is 11.9 Å². The first-order valence-corrected chi connectivity index (χ1v) is 6.90. The molecule has 17 heavy (non-hydrogen) atoms. The number of likely N-dealkylation sites (N-methyl/N-ethyl adjacent to an activating group) is 1. The minimum absolute atomic E-state index is 0.170. The summed E-state index contributed by atoms with van der Waals surface area (Å²) in [6, 6.07) is 4.14. The molecule has 1 heterocycles. The molecule has 1 aromatic heterocycles. The van der Waals surface area contributed by atoms with Crippen molar-refractivity contribution in [1.82, 2.24) is 4.90 Å². The van der Waals surface area contributed by atoms with Gasteiger partial charge in [-0.2, -0.15) is 0 Å². The standard InChI is InChI=1S/C13H22N2OS/c1-10(2)12(14)6-7-15(3)13(16)9-11-5-4-8-17-11/h4-5,8,10,12H,6-7,9,14H2,1-3H3. The molecule has 0 saturated carbocycles. The number of thiophene rings is 1. The molecule has 96 valence electrons. The van der Waals surface area contributed by atoms with Crippen molar-refractivity contribution in [1.29, 1.82) is 0 Å². The Bertz CT molecular complexity index is 335. The summed E-state index contributed by atoms with van der Waals surface area (Å²) < 4.78 is 0. The zero-order valence-corrected chi connectivity index (χ0v) is 11.7. The molecule has 4 heteroatoms. The van der Waals surface area contributed by atoms with Crippen molar-refractivity contribution < 1.29 is 4.79 Å². The van der Waals surface area contributed by atoms with Crippen molar-refractivity contribution in [2.24, 2.45) is 11.7 Å². The third-order valence-corrected chi connectivity index (χ3v) is 3.86. The molecular weight excluding hydrogens is 232 g/mol. The van der Waals surface area contributed by atoms with Crippen LogP contribution in [0.2, 0.25) is 0 Å². The summed E-state index contributed by atoms with van der Waals surface area (Å²) in [5, 5.41) is 2.00. The second kappa shape index (κ2) is 6.77. The van der Waals surface area contributed by atoms with Gasteiger partial charge in [-0.3, -0.25) is 4.79 Å². The maximum absolute atomic E-state index is 11.9. The molecule has 2 N–H and O–H groups in total. The van der Waals surface area contributed by atoms with Crippen LogP contribution in [0.4, 0.5) is 0 Å². The van der Waals surface area contributed by atoms with Gasteiger partial charge in [-0.25, -0.2) is 0 Å². The summed E-state index contributed by atoms with van der Waals surface area (Å²) in [5.41, 5.74) is 5.97. The predicted molar refractivity (Wildman–Crippen MR) is 73.1 cm³/mol. The smallest absolute Gasteiger partial charge is 0.227 e. The normalized spacial score (nSPS) is 12.8. The van der Waals surface area contributed by atoms with Crippen LogP contribution in [0.1, 0.15) is 25.1 Å². The van der Waals surface area contributed by atoms with Gasteiger partial charge in [0.05, 0.1) is 6.42 Å². The molecule has 0 aliphatic carbocycles. The topological polar surface area (TPSA) is 46.3 Å². The average molecular weight is 254 g/mol. The zero-order valence-electron chi connectivity index (χ0n) is 10.8. The van der Waals surface area contributed by atoms with Crippen molar-refractivity contribution in [3.8, 4) is 0 Å². The minimum Gasteiger partial charge on any atom is -0.345 e. The zero-order chi connectivity index (χ0) is 12.8. The number of rotatable bonds is 6. The second-order valence-corrected chi connectivity index (χ2v) is 5.80. The van der Waals surface area contributed by atoms with Crippen LogP contribution in [-0.2, 0) is 11.2 Å². The van der Waals surface area contributed by atoms with Crippen LogP contribution >= 0.6 is 11.3 Å². The minimum atomic E-state index is 0.170. The number of hydrogen-bond donors (Lipinski definition) is 1. The molecule has 1 unspecified atom stereocenters. The SMILES string of the molecule is CC(C)C(N)CCN(C)C(=O)Cc1cccs1. The van der Waals surface area contributed by atoms with Gasteiger partial charge in [0, 0.05) is 24.5 Å². The molecule has 0 aliphatic rings. The Morgan fingerprint density at radius 2 is 2.24 bits per heavy atom. The van der Waals surface area contributed by atoms with Crippen LogP contribution in [-0.4, -0.2) is 30.4 Å². The van der Waals surface area contributed by atoms with Crippen LogP contribution in [0.5, 0.6) is 0 Å². The Kier molecular flexibility index (Phi) is 5.65. The Labute approximate surface area is 108 Å². The first kappa shape index (κ1) is 14.2. The van der Waals surface area contributed by atoms with E-state index in [4.69, 9.17) is 5.73 Å². The molecule has 1 atom stereocenters. The van der Waals surface area contributed by atoms with Gasteiger partial charge in [0.15, 0.2) is 0 Å². The van der Waals surface area contributed by atoms with Crippen LogP contribution in [0.25, 0.3) is 0 Å². The quantitative estimate of drug-likeness (QED) is 0.845. The first-order chi connectivity index (χ1) is 8.00. The van der Waals surface area contributed by atoms with Gasteiger partial charge in [0.2, 0.25) is 5.91 Å². The average Bonchev–Trinajstić information content (AvgIpc) is 2.77. The lowest BCUT2D eigenvalue weighted by Gasteiger charge is -2.21. The number of hydrogen-bond acceptors (Lipinski definition) is 3. The Hall–Kier alpha value is -0.870. The molecule has 1 amide bonds. The van der Waals surface area contributed by atoms with Gasteiger partial charge in [0.1, 0.15) is 0 Å². The largest absolute Gasteiger partial charge is 0.345 e. The van der Waals surface area contributed by atoms with Crippen LogP contribution in [0, 0.1) is 5.92 Å². The van der Waals surface area contributed by atoms with Crippen molar-refractivity contribution in [2.45, 2.75) is 32.7 Å². The molecule has 3 nitrogen and oxygen atoms in total. The number of carbonyl (C=O) groups is 1. The van der Waals surface area contributed by atoms with Crippen LogP contribution in [0.15, 0.2) is 17.5 Å². The highest BCUT2D eigenvalue weighted by atomic mass is 32.1. The van der Waals surface area contributed by atoms with E-state index in [1.807, 2.05) is 24.6 Å². The van der Waals surface area contributed by atoms with Gasteiger partial charge < -0.3 is 10.6 Å². The summed E-state index contributed by atoms with van der Waals surface area (Å²) in [6.07, 6.45) is 1.37. The van der Waals surface area contributed by atoms with E-state index in [0.717, 1.165) is 17.8 Å². The third kappa shape index (κ3) is 4.88. The van der Waals surface area contributed by atoms with Crippen molar-refractivity contribution in [3.63, 3.8) is 0 Å². The van der Waals surface area contributed by atoms with Crippen molar-refractivity contribution >= 4 is 17.2 Å². The van der Waals surface area contributed by atoms with Crippen molar-refractivity contribution in [3.05, 3.63) is 22.4 Å². The molecular formula is C13H22N2OS. The molecule has 0 bridgehead atoms. The molecule has 1 aromatic rings. The molecule has 0 aliphatic heterocycles.